The van der Waals surface area contributed by atoms with Gasteiger partial charge in [0.1, 0.15) is 5.69 Å². The summed E-state index contributed by atoms with van der Waals surface area (Å²) in [6, 6.07) is 1.35. The zero-order valence-corrected chi connectivity index (χ0v) is 11.1. The zero-order valence-electron chi connectivity index (χ0n) is 10.3. The molecule has 4 N–H and O–H groups in total. The van der Waals surface area contributed by atoms with Gasteiger partial charge in [-0.1, -0.05) is 0 Å². The molecular formula is C11H14ClN3O4. The fourth-order valence-electron chi connectivity index (χ4n) is 1.54. The number of aryl methyl sites for hydroxylation is 1. The van der Waals surface area contributed by atoms with Gasteiger partial charge in [0.15, 0.2) is 5.56 Å². The third-order valence-electron chi connectivity index (χ3n) is 2.47. The normalized spacial score (nSPS) is 10.2. The topological polar surface area (TPSA) is 121 Å². The van der Waals surface area contributed by atoms with E-state index in [0.717, 1.165) is 0 Å². The first-order chi connectivity index (χ1) is 8.90. The van der Waals surface area contributed by atoms with Crippen LogP contribution in [0.25, 0.3) is 0 Å². The fraction of sp³-hybridized carbons (Fsp3) is 0.364. The van der Waals surface area contributed by atoms with Crippen LogP contribution in [0.15, 0.2) is 6.07 Å². The molecule has 0 heterocycles. The summed E-state index contributed by atoms with van der Waals surface area (Å²) >= 11 is 5.45. The summed E-state index contributed by atoms with van der Waals surface area (Å²) in [7, 11) is 0. The summed E-state index contributed by atoms with van der Waals surface area (Å²) in [5.74, 6) is -0.550. The van der Waals surface area contributed by atoms with E-state index in [1.165, 1.54) is 6.07 Å². The number of carbonyl (C=O) groups excluding carboxylic acids is 1. The molecular weight excluding hydrogens is 274 g/mol. The van der Waals surface area contributed by atoms with Crippen molar-refractivity contribution in [2.45, 2.75) is 13.3 Å². The number of halogens is 1. The van der Waals surface area contributed by atoms with Crippen molar-refractivity contribution in [2.24, 2.45) is 0 Å². The maximum absolute atomic E-state index is 11.9. The monoisotopic (exact) mass is 287 g/mol. The van der Waals surface area contributed by atoms with Gasteiger partial charge < -0.3 is 16.2 Å². The van der Waals surface area contributed by atoms with E-state index < -0.39 is 16.6 Å². The second-order valence-corrected chi connectivity index (χ2v) is 4.23. The molecule has 0 aliphatic carbocycles. The van der Waals surface area contributed by atoms with Crippen LogP contribution in [0.3, 0.4) is 0 Å². The number of ether oxygens (including phenoxy) is 1. The van der Waals surface area contributed by atoms with E-state index in [2.05, 4.69) is 0 Å². The van der Waals surface area contributed by atoms with Gasteiger partial charge in [-0.25, -0.2) is 4.79 Å². The number of esters is 1. The van der Waals surface area contributed by atoms with Crippen LogP contribution < -0.4 is 11.5 Å². The molecule has 0 bridgehead atoms. The highest BCUT2D eigenvalue weighted by atomic mass is 35.5. The number of anilines is 2. The van der Waals surface area contributed by atoms with Gasteiger partial charge in [-0.3, -0.25) is 10.1 Å². The van der Waals surface area contributed by atoms with Gasteiger partial charge in [0.2, 0.25) is 0 Å². The molecule has 7 nitrogen and oxygen atoms in total. The molecule has 0 unspecified atom stereocenters. The first kappa shape index (κ1) is 15.0. The molecule has 0 saturated carbocycles. The minimum Gasteiger partial charge on any atom is -0.462 e. The van der Waals surface area contributed by atoms with E-state index in [0.29, 0.717) is 17.9 Å². The van der Waals surface area contributed by atoms with E-state index in [-0.39, 0.29) is 23.5 Å². The Bertz CT molecular complexity index is 519. The standard InChI is InChI=1S/C11H14ClN3O4/c1-6-5-7(13)10(15(17)18)8(9(6)14)11(16)19-4-2-3-12/h5H,2-4,13-14H2,1H3. The summed E-state index contributed by atoms with van der Waals surface area (Å²) in [4.78, 5) is 22.1. The van der Waals surface area contributed by atoms with Gasteiger partial charge in [0, 0.05) is 5.88 Å². The Hall–Kier alpha value is -2.02. The minimum absolute atomic E-state index is 0.00299. The fourth-order valence-corrected chi connectivity index (χ4v) is 1.65. The van der Waals surface area contributed by atoms with Crippen LogP contribution in [0, 0.1) is 17.0 Å². The number of nitrogen functional groups attached to an aromatic ring is 2. The van der Waals surface area contributed by atoms with Crippen molar-refractivity contribution in [1.82, 2.24) is 0 Å². The summed E-state index contributed by atoms with van der Waals surface area (Å²) in [6.45, 7) is 1.66. The lowest BCUT2D eigenvalue weighted by Gasteiger charge is -2.10. The quantitative estimate of drug-likeness (QED) is 0.213. The van der Waals surface area contributed by atoms with Crippen molar-refractivity contribution < 1.29 is 14.5 Å². The Morgan fingerprint density at radius 2 is 2.16 bits per heavy atom. The van der Waals surface area contributed by atoms with Crippen LogP contribution in [0.5, 0.6) is 0 Å². The second kappa shape index (κ2) is 6.24. The Morgan fingerprint density at radius 3 is 2.68 bits per heavy atom. The van der Waals surface area contributed by atoms with E-state index in [1.807, 2.05) is 0 Å². The van der Waals surface area contributed by atoms with Crippen LogP contribution in [-0.2, 0) is 4.74 Å². The van der Waals surface area contributed by atoms with E-state index in [1.54, 1.807) is 6.92 Å². The summed E-state index contributed by atoms with van der Waals surface area (Å²) in [5, 5.41) is 11.0. The maximum Gasteiger partial charge on any atom is 0.347 e. The molecule has 0 spiro atoms. The van der Waals surface area contributed by atoms with Crippen molar-refractivity contribution in [3.05, 3.63) is 27.3 Å². The molecule has 19 heavy (non-hydrogen) atoms. The third kappa shape index (κ3) is 3.25. The molecule has 0 saturated heterocycles. The Labute approximate surface area is 114 Å². The molecule has 1 aromatic carbocycles. The van der Waals surface area contributed by atoms with E-state index >= 15 is 0 Å². The molecule has 104 valence electrons. The first-order valence-electron chi connectivity index (χ1n) is 5.46. The van der Waals surface area contributed by atoms with Crippen LogP contribution in [0.2, 0.25) is 0 Å². The van der Waals surface area contributed by atoms with Gasteiger partial charge in [-0.2, -0.15) is 0 Å². The van der Waals surface area contributed by atoms with Gasteiger partial charge in [0.25, 0.3) is 0 Å². The number of benzene rings is 1. The largest absolute Gasteiger partial charge is 0.462 e. The van der Waals surface area contributed by atoms with Crippen LogP contribution in [-0.4, -0.2) is 23.4 Å². The van der Waals surface area contributed by atoms with Crippen molar-refractivity contribution >= 4 is 34.6 Å². The van der Waals surface area contributed by atoms with Crippen LogP contribution in [0.4, 0.5) is 17.1 Å². The third-order valence-corrected chi connectivity index (χ3v) is 2.74. The Kier molecular flexibility index (Phi) is 4.94. The molecule has 0 fully saturated rings. The Morgan fingerprint density at radius 1 is 1.53 bits per heavy atom. The maximum atomic E-state index is 11.9. The number of alkyl halides is 1. The van der Waals surface area contributed by atoms with E-state index in [9.17, 15) is 14.9 Å². The number of nitrogens with zero attached hydrogens (tertiary/aromatic N) is 1. The SMILES string of the molecule is Cc1cc(N)c([N+](=O)[O-])c(C(=O)OCCCCl)c1N. The zero-order chi connectivity index (χ0) is 14.6. The Balaban J connectivity index is 3.23. The molecule has 1 aromatic rings. The molecule has 0 radical (unpaired) electrons. The lowest BCUT2D eigenvalue weighted by molar-refractivity contribution is -0.384. The molecule has 8 heteroatoms. The lowest BCUT2D eigenvalue weighted by Crippen LogP contribution is -2.14. The predicted octanol–water partition coefficient (Wildman–Crippen LogP) is 1.85. The molecule has 0 atom stereocenters. The summed E-state index contributed by atoms with van der Waals surface area (Å²) in [5.41, 5.74) is 10.8. The summed E-state index contributed by atoms with van der Waals surface area (Å²) < 4.78 is 4.89. The molecule has 0 aromatic heterocycles. The molecule has 0 aliphatic rings. The molecule has 0 aliphatic heterocycles. The highest BCUT2D eigenvalue weighted by Crippen LogP contribution is 2.34. The summed E-state index contributed by atoms with van der Waals surface area (Å²) in [6.07, 6.45) is 0.447. The smallest absolute Gasteiger partial charge is 0.347 e. The second-order valence-electron chi connectivity index (χ2n) is 3.86. The van der Waals surface area contributed by atoms with Crippen molar-refractivity contribution in [1.29, 1.82) is 0 Å². The van der Waals surface area contributed by atoms with Gasteiger partial charge in [-0.15, -0.1) is 11.6 Å². The van der Waals surface area contributed by atoms with Gasteiger partial charge in [0.05, 0.1) is 17.2 Å². The first-order valence-corrected chi connectivity index (χ1v) is 5.99. The molecule has 1 rings (SSSR count). The van der Waals surface area contributed by atoms with Crippen molar-refractivity contribution in [3.63, 3.8) is 0 Å². The number of nitro groups is 1. The number of hydrogen-bond donors (Lipinski definition) is 2. The predicted molar refractivity (Wildman–Crippen MR) is 72.3 cm³/mol. The highest BCUT2D eigenvalue weighted by Gasteiger charge is 2.29. The average Bonchev–Trinajstić information content (AvgIpc) is 2.32. The average molecular weight is 288 g/mol. The number of nitro benzene ring substituents is 1. The van der Waals surface area contributed by atoms with Crippen molar-refractivity contribution in [3.8, 4) is 0 Å². The van der Waals surface area contributed by atoms with Crippen LogP contribution >= 0.6 is 11.6 Å². The van der Waals surface area contributed by atoms with E-state index in [4.69, 9.17) is 27.8 Å². The van der Waals surface area contributed by atoms with Crippen LogP contribution in [0.1, 0.15) is 22.3 Å². The number of carbonyl (C=O) groups is 1. The number of rotatable bonds is 5. The molecule has 0 amide bonds. The van der Waals surface area contributed by atoms with Gasteiger partial charge in [-0.05, 0) is 25.0 Å². The number of hydrogen-bond acceptors (Lipinski definition) is 6. The minimum atomic E-state index is -0.871. The highest BCUT2D eigenvalue weighted by molar-refractivity contribution is 6.17. The van der Waals surface area contributed by atoms with Gasteiger partial charge >= 0.3 is 11.7 Å². The lowest BCUT2D eigenvalue weighted by atomic mass is 10.0. The van der Waals surface area contributed by atoms with Crippen molar-refractivity contribution in [2.75, 3.05) is 24.0 Å². The number of nitrogens with two attached hydrogens (primary N) is 2.